The van der Waals surface area contributed by atoms with E-state index in [0.717, 1.165) is 0 Å². The van der Waals surface area contributed by atoms with Gasteiger partial charge in [0.1, 0.15) is 17.2 Å². The molecule has 2 aromatic carbocycles. The average molecular weight is 476 g/mol. The summed E-state index contributed by atoms with van der Waals surface area (Å²) in [5, 5.41) is 16.2. The Morgan fingerprint density at radius 3 is 2.54 bits per heavy atom. The molecule has 1 amide bonds. The van der Waals surface area contributed by atoms with E-state index in [2.05, 4.69) is 20.6 Å². The molecule has 0 spiro atoms. The first-order chi connectivity index (χ1) is 16.9. The van der Waals surface area contributed by atoms with Crippen LogP contribution in [0.15, 0.2) is 54.7 Å². The minimum absolute atomic E-state index is 0.0121. The Balaban J connectivity index is 1.39. The first-order valence-electron chi connectivity index (χ1n) is 11.0. The molecule has 1 aliphatic rings. The second kappa shape index (κ2) is 10.3. The lowest BCUT2D eigenvalue weighted by Crippen LogP contribution is -2.41. The van der Waals surface area contributed by atoms with Gasteiger partial charge in [-0.2, -0.15) is 0 Å². The fraction of sp³-hybridized carbons (Fsp3) is 0.240. The minimum Gasteiger partial charge on any atom is -0.507 e. The summed E-state index contributed by atoms with van der Waals surface area (Å²) in [6, 6.07) is 12.0. The quantitative estimate of drug-likeness (QED) is 0.355. The number of nitrogens with two attached hydrogens (primary N) is 1. The molecule has 3 aromatic rings. The molecule has 35 heavy (non-hydrogen) atoms. The van der Waals surface area contributed by atoms with Gasteiger partial charge in [-0.3, -0.25) is 14.4 Å². The van der Waals surface area contributed by atoms with Crippen LogP contribution < -0.4 is 21.1 Å². The number of nitrogens with one attached hydrogen (secondary N) is 2. The van der Waals surface area contributed by atoms with Crippen molar-refractivity contribution < 1.29 is 24.2 Å². The van der Waals surface area contributed by atoms with E-state index in [0.29, 0.717) is 30.0 Å². The maximum atomic E-state index is 12.9. The summed E-state index contributed by atoms with van der Waals surface area (Å²) >= 11 is 0. The number of Topliss-reactive ketones (excluding diaryl/α,β-unsaturated/α-hetero) is 1. The zero-order valence-corrected chi connectivity index (χ0v) is 19.0. The maximum Gasteiger partial charge on any atom is 0.270 e. The summed E-state index contributed by atoms with van der Waals surface area (Å²) in [5.74, 6) is -0.679. The number of amides is 1. The standard InChI is InChI=1S/C25H25N5O5/c1-35-17-6-7-18(22(32)11-17)23(33)15-4-2-14(3-5-15)21(31)10-16-12-27-13-20(16)29-24(34)19-8-9-28-25(26)30-19/h2-9,11,16,20,27,32H,10,12-13H2,1H3,(H,29,34)(H2,26,28,30)/t16-,20-/m1/s1. The molecule has 1 aliphatic heterocycles. The van der Waals surface area contributed by atoms with Crippen molar-refractivity contribution >= 4 is 23.4 Å². The predicted molar refractivity (Wildman–Crippen MR) is 128 cm³/mol. The number of methoxy groups -OCH3 is 1. The van der Waals surface area contributed by atoms with Crippen LogP contribution in [-0.4, -0.2) is 58.8 Å². The highest BCUT2D eigenvalue weighted by Crippen LogP contribution is 2.26. The van der Waals surface area contributed by atoms with Crippen LogP contribution in [-0.2, 0) is 0 Å². The number of aromatic hydroxyl groups is 1. The SMILES string of the molecule is COc1ccc(C(=O)c2ccc(C(=O)C[C@@H]3CNC[C@H]3NC(=O)c3ccnc(N)n3)cc2)c(O)c1. The van der Waals surface area contributed by atoms with Gasteiger partial charge < -0.3 is 26.2 Å². The third-order valence-corrected chi connectivity index (χ3v) is 5.93. The van der Waals surface area contributed by atoms with Crippen LogP contribution in [0.5, 0.6) is 11.5 Å². The van der Waals surface area contributed by atoms with Crippen LogP contribution >= 0.6 is 0 Å². The number of rotatable bonds is 8. The summed E-state index contributed by atoms with van der Waals surface area (Å²) in [6.07, 6.45) is 1.63. The average Bonchev–Trinajstić information content (AvgIpc) is 3.29. The van der Waals surface area contributed by atoms with Crippen LogP contribution in [0.25, 0.3) is 0 Å². The highest BCUT2D eigenvalue weighted by Gasteiger charge is 2.31. The summed E-state index contributed by atoms with van der Waals surface area (Å²) in [7, 11) is 1.47. The van der Waals surface area contributed by atoms with E-state index < -0.39 is 0 Å². The maximum absolute atomic E-state index is 12.9. The zero-order chi connectivity index (χ0) is 24.9. The van der Waals surface area contributed by atoms with Crippen LogP contribution in [0.4, 0.5) is 5.95 Å². The Labute approximate surface area is 201 Å². The molecule has 1 saturated heterocycles. The van der Waals surface area contributed by atoms with Gasteiger partial charge in [0.15, 0.2) is 11.6 Å². The van der Waals surface area contributed by atoms with E-state index in [9.17, 15) is 19.5 Å². The van der Waals surface area contributed by atoms with Gasteiger partial charge in [-0.15, -0.1) is 0 Å². The number of nitrogens with zero attached hydrogens (tertiary/aromatic N) is 2. The van der Waals surface area contributed by atoms with E-state index in [1.165, 1.54) is 31.5 Å². The monoisotopic (exact) mass is 475 g/mol. The van der Waals surface area contributed by atoms with Crippen molar-refractivity contribution in [2.45, 2.75) is 12.5 Å². The molecule has 0 radical (unpaired) electrons. The molecule has 0 bridgehead atoms. The largest absolute Gasteiger partial charge is 0.507 e. The number of ether oxygens (including phenoxy) is 1. The molecule has 4 rings (SSSR count). The second-order valence-electron chi connectivity index (χ2n) is 8.22. The van der Waals surface area contributed by atoms with Gasteiger partial charge in [0.05, 0.1) is 12.7 Å². The Kier molecular flexibility index (Phi) is 7.02. The Morgan fingerprint density at radius 2 is 1.86 bits per heavy atom. The van der Waals surface area contributed by atoms with Crippen molar-refractivity contribution in [2.24, 2.45) is 5.92 Å². The molecule has 5 N–H and O–H groups in total. The molecule has 10 nitrogen and oxygen atoms in total. The highest BCUT2D eigenvalue weighted by atomic mass is 16.5. The molecule has 0 unspecified atom stereocenters. The predicted octanol–water partition coefficient (Wildman–Crippen LogP) is 1.59. The minimum atomic E-state index is -0.380. The van der Waals surface area contributed by atoms with Crippen LogP contribution in [0.2, 0.25) is 0 Å². The smallest absolute Gasteiger partial charge is 0.270 e. The second-order valence-corrected chi connectivity index (χ2v) is 8.22. The topological polar surface area (TPSA) is 157 Å². The number of aromatic nitrogens is 2. The summed E-state index contributed by atoms with van der Waals surface area (Å²) in [4.78, 5) is 45.9. The molecule has 10 heteroatoms. The number of carbonyl (C=O) groups excluding carboxylic acids is 3. The number of hydrogen-bond acceptors (Lipinski definition) is 9. The van der Waals surface area contributed by atoms with Gasteiger partial charge in [-0.25, -0.2) is 9.97 Å². The third-order valence-electron chi connectivity index (χ3n) is 5.93. The zero-order valence-electron chi connectivity index (χ0n) is 19.0. The first kappa shape index (κ1) is 23.8. The number of phenolic OH excluding ortho intramolecular Hbond substituents is 1. The van der Waals surface area contributed by atoms with Crippen molar-refractivity contribution in [2.75, 3.05) is 25.9 Å². The summed E-state index contributed by atoms with van der Waals surface area (Å²) in [5.41, 5.74) is 6.66. The van der Waals surface area contributed by atoms with Crippen LogP contribution in [0.1, 0.15) is 43.2 Å². The number of benzene rings is 2. The lowest BCUT2D eigenvalue weighted by atomic mass is 9.93. The normalized spacial score (nSPS) is 17.1. The molecular formula is C25H25N5O5. The van der Waals surface area contributed by atoms with E-state index in [4.69, 9.17) is 10.5 Å². The lowest BCUT2D eigenvalue weighted by Gasteiger charge is -2.19. The Bertz CT molecular complexity index is 1260. The van der Waals surface area contributed by atoms with Crippen molar-refractivity contribution in [3.8, 4) is 11.5 Å². The van der Waals surface area contributed by atoms with Crippen molar-refractivity contribution in [1.82, 2.24) is 20.6 Å². The number of anilines is 1. The Hall–Kier alpha value is -4.31. The van der Waals surface area contributed by atoms with Gasteiger partial charge in [-0.1, -0.05) is 24.3 Å². The van der Waals surface area contributed by atoms with Gasteiger partial charge >= 0.3 is 0 Å². The molecule has 0 saturated carbocycles. The van der Waals surface area contributed by atoms with Crippen LogP contribution in [0, 0.1) is 5.92 Å². The van der Waals surface area contributed by atoms with Gasteiger partial charge in [0, 0.05) is 54.9 Å². The fourth-order valence-corrected chi connectivity index (χ4v) is 4.01. The number of hydrogen-bond donors (Lipinski definition) is 4. The van der Waals surface area contributed by atoms with Gasteiger partial charge in [0.2, 0.25) is 5.95 Å². The fourth-order valence-electron chi connectivity index (χ4n) is 4.01. The van der Waals surface area contributed by atoms with E-state index in [-0.39, 0.29) is 58.8 Å². The molecular weight excluding hydrogens is 450 g/mol. The number of carbonyl (C=O) groups is 3. The number of phenols is 1. The Morgan fingerprint density at radius 1 is 1.11 bits per heavy atom. The highest BCUT2D eigenvalue weighted by molar-refractivity contribution is 6.11. The number of ketones is 2. The number of nitrogen functional groups attached to an aromatic ring is 1. The lowest BCUT2D eigenvalue weighted by molar-refractivity contribution is 0.0899. The van der Waals surface area contributed by atoms with Gasteiger partial charge in [0.25, 0.3) is 5.91 Å². The summed E-state index contributed by atoms with van der Waals surface area (Å²) in [6.45, 7) is 1.11. The van der Waals surface area contributed by atoms with E-state index in [1.54, 1.807) is 30.3 Å². The van der Waals surface area contributed by atoms with Crippen molar-refractivity contribution in [1.29, 1.82) is 0 Å². The molecule has 2 atom stereocenters. The first-order valence-corrected chi connectivity index (χ1v) is 11.0. The third kappa shape index (κ3) is 5.44. The molecule has 180 valence electrons. The molecule has 0 aliphatic carbocycles. The van der Waals surface area contributed by atoms with Crippen molar-refractivity contribution in [3.05, 3.63) is 77.1 Å². The van der Waals surface area contributed by atoms with Crippen LogP contribution in [0.3, 0.4) is 0 Å². The summed E-state index contributed by atoms with van der Waals surface area (Å²) < 4.78 is 5.04. The van der Waals surface area contributed by atoms with Crippen molar-refractivity contribution in [3.63, 3.8) is 0 Å². The molecule has 2 heterocycles. The molecule has 1 aromatic heterocycles. The van der Waals surface area contributed by atoms with E-state index in [1.807, 2.05) is 0 Å². The van der Waals surface area contributed by atoms with E-state index >= 15 is 0 Å². The van der Waals surface area contributed by atoms with Gasteiger partial charge in [-0.05, 0) is 18.2 Å². The molecule has 1 fully saturated rings.